The normalized spacial score (nSPS) is 18.8. The Morgan fingerprint density at radius 1 is 0.935 bits per heavy atom. The number of rotatable bonds is 4. The lowest BCUT2D eigenvalue weighted by atomic mass is 10.1. The van der Waals surface area contributed by atoms with Crippen molar-refractivity contribution in [2.24, 2.45) is 0 Å². The minimum atomic E-state index is -3.58. The zero-order valence-electron chi connectivity index (χ0n) is 18.3. The summed E-state index contributed by atoms with van der Waals surface area (Å²) in [6, 6.07) is 7.83. The van der Waals surface area contributed by atoms with Crippen molar-refractivity contribution in [3.63, 3.8) is 0 Å². The molecule has 0 saturated carbocycles. The number of thiophene rings is 1. The molecule has 31 heavy (non-hydrogen) atoms. The van der Waals surface area contributed by atoms with E-state index < -0.39 is 10.0 Å². The van der Waals surface area contributed by atoms with Gasteiger partial charge in [0.05, 0.1) is 5.56 Å². The van der Waals surface area contributed by atoms with E-state index in [-0.39, 0.29) is 10.1 Å². The number of carbonyl (C=O) groups is 1. The van der Waals surface area contributed by atoms with Gasteiger partial charge in [-0.3, -0.25) is 4.79 Å². The van der Waals surface area contributed by atoms with E-state index in [1.807, 2.05) is 4.90 Å². The molecule has 1 aromatic heterocycles. The van der Waals surface area contributed by atoms with Crippen LogP contribution in [0.3, 0.4) is 0 Å². The minimum Gasteiger partial charge on any atom is -0.369 e. The first-order valence-corrected chi connectivity index (χ1v) is 13.4. The third kappa shape index (κ3) is 4.66. The summed E-state index contributed by atoms with van der Waals surface area (Å²) in [7, 11) is -3.58. The standard InChI is InChI=1S/C23H31N3O3S2/c1-18-8-7-9-21(19(18)2)24-12-14-26(15-13-24)31(28,29)22-16-20(17-30-22)23(27)25-10-5-3-4-6-11-25/h7-9,16-17H,3-6,10-15H2,1-2H3. The second kappa shape index (κ2) is 9.30. The number of sulfonamides is 1. The van der Waals surface area contributed by atoms with Crippen LogP contribution in [0, 0.1) is 13.8 Å². The van der Waals surface area contributed by atoms with Gasteiger partial charge < -0.3 is 9.80 Å². The van der Waals surface area contributed by atoms with Gasteiger partial charge in [-0.1, -0.05) is 25.0 Å². The highest BCUT2D eigenvalue weighted by Gasteiger charge is 2.31. The summed E-state index contributed by atoms with van der Waals surface area (Å²) in [6.07, 6.45) is 4.35. The van der Waals surface area contributed by atoms with Gasteiger partial charge in [0.25, 0.3) is 15.9 Å². The predicted molar refractivity (Wildman–Crippen MR) is 126 cm³/mol. The zero-order valence-corrected chi connectivity index (χ0v) is 20.0. The van der Waals surface area contributed by atoms with Crippen molar-refractivity contribution in [2.45, 2.75) is 43.7 Å². The second-order valence-corrected chi connectivity index (χ2v) is 11.5. The van der Waals surface area contributed by atoms with Crippen LogP contribution in [0.4, 0.5) is 5.69 Å². The number of nitrogens with zero attached hydrogens (tertiary/aromatic N) is 3. The van der Waals surface area contributed by atoms with Crippen LogP contribution < -0.4 is 4.90 Å². The largest absolute Gasteiger partial charge is 0.369 e. The Balaban J connectivity index is 1.44. The number of hydrogen-bond acceptors (Lipinski definition) is 5. The summed E-state index contributed by atoms with van der Waals surface area (Å²) in [5, 5.41) is 1.70. The monoisotopic (exact) mass is 461 g/mol. The highest BCUT2D eigenvalue weighted by Crippen LogP contribution is 2.28. The van der Waals surface area contributed by atoms with E-state index in [1.165, 1.54) is 16.8 Å². The van der Waals surface area contributed by atoms with Crippen molar-refractivity contribution >= 4 is 33.0 Å². The quantitative estimate of drug-likeness (QED) is 0.693. The average Bonchev–Trinajstić information content (AvgIpc) is 3.12. The van der Waals surface area contributed by atoms with Crippen molar-refractivity contribution in [3.8, 4) is 0 Å². The molecule has 2 fully saturated rings. The number of benzene rings is 1. The highest BCUT2D eigenvalue weighted by molar-refractivity contribution is 7.91. The predicted octanol–water partition coefficient (Wildman–Crippen LogP) is 3.89. The lowest BCUT2D eigenvalue weighted by molar-refractivity contribution is 0.0762. The zero-order chi connectivity index (χ0) is 22.0. The maximum atomic E-state index is 13.2. The number of likely N-dealkylation sites (tertiary alicyclic amines) is 1. The molecule has 168 valence electrons. The summed E-state index contributed by atoms with van der Waals surface area (Å²) < 4.78 is 28.2. The third-order valence-electron chi connectivity index (χ3n) is 6.47. The van der Waals surface area contributed by atoms with Crippen LogP contribution in [0.1, 0.15) is 47.2 Å². The van der Waals surface area contributed by atoms with E-state index in [0.29, 0.717) is 31.7 Å². The molecule has 0 unspecified atom stereocenters. The molecule has 0 atom stereocenters. The fraction of sp³-hybridized carbons (Fsp3) is 0.522. The fourth-order valence-electron chi connectivity index (χ4n) is 4.40. The van der Waals surface area contributed by atoms with Gasteiger partial charge >= 0.3 is 0 Å². The van der Waals surface area contributed by atoms with Gasteiger partial charge in [0, 0.05) is 50.3 Å². The van der Waals surface area contributed by atoms with Gasteiger partial charge in [0.1, 0.15) is 4.21 Å². The molecule has 2 saturated heterocycles. The minimum absolute atomic E-state index is 0.0423. The van der Waals surface area contributed by atoms with Gasteiger partial charge in [-0.25, -0.2) is 8.42 Å². The van der Waals surface area contributed by atoms with E-state index in [1.54, 1.807) is 15.8 Å². The summed E-state index contributed by atoms with van der Waals surface area (Å²) in [4.78, 5) is 17.0. The van der Waals surface area contributed by atoms with Crippen molar-refractivity contribution < 1.29 is 13.2 Å². The molecular weight excluding hydrogens is 430 g/mol. The molecule has 0 bridgehead atoms. The molecule has 2 aliphatic heterocycles. The number of hydrogen-bond donors (Lipinski definition) is 0. The first-order chi connectivity index (χ1) is 14.9. The summed E-state index contributed by atoms with van der Waals surface area (Å²) in [5.74, 6) is -0.0423. The van der Waals surface area contributed by atoms with Crippen molar-refractivity contribution in [2.75, 3.05) is 44.2 Å². The first-order valence-electron chi connectivity index (χ1n) is 11.1. The van der Waals surface area contributed by atoms with E-state index in [0.717, 1.165) is 50.1 Å². The van der Waals surface area contributed by atoms with Crippen LogP contribution in [-0.4, -0.2) is 62.8 Å². The Bertz CT molecular complexity index is 1030. The molecule has 0 spiro atoms. The summed E-state index contributed by atoms with van der Waals surface area (Å²) >= 11 is 1.16. The maximum absolute atomic E-state index is 13.2. The SMILES string of the molecule is Cc1cccc(N2CCN(S(=O)(=O)c3cc(C(=O)N4CCCCCC4)cs3)CC2)c1C. The Labute approximate surface area is 189 Å². The van der Waals surface area contributed by atoms with Crippen LogP contribution in [0.25, 0.3) is 0 Å². The molecule has 4 rings (SSSR count). The Morgan fingerprint density at radius 3 is 2.29 bits per heavy atom. The lowest BCUT2D eigenvalue weighted by Gasteiger charge is -2.36. The number of carbonyl (C=O) groups excluding carboxylic acids is 1. The highest BCUT2D eigenvalue weighted by atomic mass is 32.2. The fourth-order valence-corrected chi connectivity index (χ4v) is 7.12. The Morgan fingerprint density at radius 2 is 1.61 bits per heavy atom. The van der Waals surface area contributed by atoms with Crippen LogP contribution >= 0.6 is 11.3 Å². The molecule has 0 aliphatic carbocycles. The number of aryl methyl sites for hydroxylation is 1. The molecule has 6 nitrogen and oxygen atoms in total. The average molecular weight is 462 g/mol. The van der Waals surface area contributed by atoms with E-state index in [4.69, 9.17) is 0 Å². The molecule has 2 aromatic rings. The van der Waals surface area contributed by atoms with Crippen molar-refractivity contribution in [1.82, 2.24) is 9.21 Å². The van der Waals surface area contributed by atoms with Crippen molar-refractivity contribution in [1.29, 1.82) is 0 Å². The van der Waals surface area contributed by atoms with Gasteiger partial charge in [-0.2, -0.15) is 4.31 Å². The summed E-state index contributed by atoms with van der Waals surface area (Å²) in [5.41, 5.74) is 4.17. The van der Waals surface area contributed by atoms with Crippen LogP contribution in [0.15, 0.2) is 33.9 Å². The topological polar surface area (TPSA) is 60.9 Å². The van der Waals surface area contributed by atoms with Gasteiger partial charge in [-0.05, 0) is 49.9 Å². The third-order valence-corrected chi connectivity index (χ3v) is 9.78. The van der Waals surface area contributed by atoms with Gasteiger partial charge in [0.15, 0.2) is 0 Å². The smallest absolute Gasteiger partial charge is 0.254 e. The van der Waals surface area contributed by atoms with Crippen LogP contribution in [0.2, 0.25) is 0 Å². The van der Waals surface area contributed by atoms with Gasteiger partial charge in [-0.15, -0.1) is 11.3 Å². The molecule has 0 N–H and O–H groups in total. The first kappa shape index (κ1) is 22.3. The molecular formula is C23H31N3O3S2. The summed E-state index contributed by atoms with van der Waals surface area (Å²) in [6.45, 7) is 7.95. The van der Waals surface area contributed by atoms with Gasteiger partial charge in [0.2, 0.25) is 0 Å². The molecule has 1 amide bonds. The second-order valence-electron chi connectivity index (χ2n) is 8.47. The number of amides is 1. The van der Waals surface area contributed by atoms with E-state index >= 15 is 0 Å². The molecule has 3 heterocycles. The Hall–Kier alpha value is -1.90. The molecule has 1 aromatic carbocycles. The Kier molecular flexibility index (Phi) is 6.69. The molecule has 2 aliphatic rings. The van der Waals surface area contributed by atoms with Crippen molar-refractivity contribution in [3.05, 3.63) is 46.3 Å². The number of piperazine rings is 1. The van der Waals surface area contributed by atoms with Crippen LogP contribution in [-0.2, 0) is 10.0 Å². The molecule has 0 radical (unpaired) electrons. The maximum Gasteiger partial charge on any atom is 0.254 e. The molecule has 8 heteroatoms. The lowest BCUT2D eigenvalue weighted by Crippen LogP contribution is -2.48. The number of anilines is 1. The van der Waals surface area contributed by atoms with E-state index in [2.05, 4.69) is 36.9 Å². The van der Waals surface area contributed by atoms with Crippen LogP contribution in [0.5, 0.6) is 0 Å². The van der Waals surface area contributed by atoms with E-state index in [9.17, 15) is 13.2 Å².